The molecule has 3 fully saturated rings. The van der Waals surface area contributed by atoms with Crippen LogP contribution in [0.2, 0.25) is 0 Å². The van der Waals surface area contributed by atoms with Gasteiger partial charge in [0.25, 0.3) is 0 Å². The predicted octanol–water partition coefficient (Wildman–Crippen LogP) is 6.60. The molecule has 2 aliphatic carbocycles. The summed E-state index contributed by atoms with van der Waals surface area (Å²) in [5.74, 6) is -15.1. The van der Waals surface area contributed by atoms with Gasteiger partial charge in [0, 0.05) is 29.4 Å². The van der Waals surface area contributed by atoms with E-state index in [9.17, 15) is 66.6 Å². The molecule has 10 atom stereocenters. The number of fused-ring (bicyclic) bond motifs is 1. The molecular formula is C40H55F6NO12. The van der Waals surface area contributed by atoms with Crippen molar-refractivity contribution < 1.29 is 85.5 Å². The molecule has 4 rings (SSSR count). The number of nitrogens with zero attached hydrogens (tertiary/aromatic N) is 1. The number of hydrogen-bond acceptors (Lipinski definition) is 13. The number of allylic oxidation sites excluding steroid dienone is 2. The quantitative estimate of drug-likeness (QED) is 0.0568. The monoisotopic (exact) mass is 855 g/mol. The number of pyridine rings is 1. The van der Waals surface area contributed by atoms with Crippen molar-refractivity contribution >= 4 is 11.9 Å². The number of aliphatic hydroxyl groups is 6. The maximum Gasteiger partial charge on any atom is 0.448 e. The second-order valence-corrected chi connectivity index (χ2v) is 16.7. The van der Waals surface area contributed by atoms with Crippen LogP contribution in [0.3, 0.4) is 0 Å². The van der Waals surface area contributed by atoms with Crippen LogP contribution in [0, 0.1) is 35.5 Å². The first-order chi connectivity index (χ1) is 27.1. The number of aromatic nitrogens is 1. The molecule has 0 bridgehead atoms. The fourth-order valence-corrected chi connectivity index (χ4v) is 8.57. The van der Waals surface area contributed by atoms with E-state index in [4.69, 9.17) is 18.9 Å². The summed E-state index contributed by atoms with van der Waals surface area (Å²) in [6, 6.07) is 3.16. The van der Waals surface area contributed by atoms with E-state index in [-0.39, 0.29) is 43.9 Å². The minimum atomic E-state index is -5.34. The first kappa shape index (κ1) is 48.2. The Morgan fingerprint density at radius 3 is 1.83 bits per heavy atom. The highest BCUT2D eigenvalue weighted by molar-refractivity contribution is 5.91. The van der Waals surface area contributed by atoms with Gasteiger partial charge in [0.2, 0.25) is 11.5 Å². The first-order valence-electron chi connectivity index (χ1n) is 19.5. The summed E-state index contributed by atoms with van der Waals surface area (Å²) in [5, 5.41) is 65.6. The molecule has 2 unspecified atom stereocenters. The number of rotatable bonds is 12. The zero-order valence-corrected chi connectivity index (χ0v) is 33.8. The lowest BCUT2D eigenvalue weighted by Gasteiger charge is -2.49. The third-order valence-electron chi connectivity index (χ3n) is 12.7. The molecule has 0 spiro atoms. The van der Waals surface area contributed by atoms with Crippen molar-refractivity contribution in [2.24, 2.45) is 35.5 Å². The molecule has 2 saturated carbocycles. The summed E-state index contributed by atoms with van der Waals surface area (Å²) in [6.07, 6.45) is -9.89. The number of alkyl halides is 6. The number of esters is 2. The van der Waals surface area contributed by atoms with E-state index in [1.807, 2.05) is 0 Å². The Morgan fingerprint density at radius 2 is 1.32 bits per heavy atom. The van der Waals surface area contributed by atoms with E-state index in [1.54, 1.807) is 27.7 Å². The van der Waals surface area contributed by atoms with Gasteiger partial charge in [-0.2, -0.15) is 26.3 Å². The summed E-state index contributed by atoms with van der Waals surface area (Å²) in [6.45, 7) is 5.79. The van der Waals surface area contributed by atoms with Crippen LogP contribution in [0.1, 0.15) is 107 Å². The fourth-order valence-electron chi connectivity index (χ4n) is 8.57. The van der Waals surface area contributed by atoms with Gasteiger partial charge in [-0.05, 0) is 88.2 Å². The number of halogens is 6. The Hall–Kier alpha value is -3.49. The van der Waals surface area contributed by atoms with Crippen LogP contribution in [0.15, 0.2) is 40.9 Å². The smallest absolute Gasteiger partial charge is 0.448 e. The third kappa shape index (κ3) is 10.9. The van der Waals surface area contributed by atoms with Gasteiger partial charge in [0.05, 0.1) is 24.4 Å². The number of aliphatic hydroxyl groups excluding tert-OH is 2. The predicted molar refractivity (Wildman–Crippen MR) is 195 cm³/mol. The minimum Gasteiger partial charge on any atom is -0.504 e. The van der Waals surface area contributed by atoms with Gasteiger partial charge in [-0.15, -0.1) is 0 Å². The van der Waals surface area contributed by atoms with E-state index in [1.165, 1.54) is 13.8 Å². The topological polar surface area (TPSA) is 205 Å². The maximum absolute atomic E-state index is 14.1. The molecular weight excluding hydrogens is 800 g/mol. The SMILES string of the molecule is CCC(C)(O)OC[C@]1(O)[C@H](/C(COC(=O)c2cccc(C(=O)OC/C(=C(/O)C(F)(F)F)[C@@H]3CC[C@@H](C)[C@@H]4CCC(C)(O)OC[C@]34O)n2)=C(\O)C(F)(F)F)CC[C@@H](C)[C@@H]1C. The average Bonchev–Trinajstić information content (AvgIpc) is 3.29. The molecule has 334 valence electrons. The minimum absolute atomic E-state index is 0.0707. The maximum atomic E-state index is 14.1. The van der Waals surface area contributed by atoms with Crippen molar-refractivity contribution in [3.63, 3.8) is 0 Å². The van der Waals surface area contributed by atoms with Crippen LogP contribution in [-0.4, -0.2) is 109 Å². The van der Waals surface area contributed by atoms with Crippen LogP contribution in [0.25, 0.3) is 0 Å². The van der Waals surface area contributed by atoms with Gasteiger partial charge in [0.1, 0.15) is 24.6 Å². The summed E-state index contributed by atoms with van der Waals surface area (Å²) in [4.78, 5) is 30.3. The van der Waals surface area contributed by atoms with Crippen LogP contribution < -0.4 is 0 Å². The number of carbonyl (C=O) groups is 2. The van der Waals surface area contributed by atoms with Crippen LogP contribution in [0.4, 0.5) is 26.3 Å². The molecule has 1 aromatic rings. The van der Waals surface area contributed by atoms with E-state index in [0.717, 1.165) is 18.2 Å². The van der Waals surface area contributed by atoms with Gasteiger partial charge in [-0.1, -0.05) is 33.8 Å². The standard InChI is InChI=1S/C40H55F6NO12/c1-7-35(5,52)58-19-37(54)23(4)21(2)11-13-27(37)24(31(48)39(41,42)43)17-56-33(50)29-9-8-10-30(47-29)34(51)57-18-25(32(49)40(44,45)46)28-14-12-22(3)26-15-16-36(6,53)59-20-38(26,28)55/h8-10,21-23,26-28,48-49,52-55H,7,11-20H2,1-6H3/b31-24-,32-25-/t21-,22-,23+,26+,27+,28+,35?,36?,37-,38-/m1/s1. The number of ether oxygens (including phenoxy) is 4. The van der Waals surface area contributed by atoms with Crippen molar-refractivity contribution in [1.82, 2.24) is 4.98 Å². The summed E-state index contributed by atoms with van der Waals surface area (Å²) in [7, 11) is 0. The fraction of sp³-hybridized carbons (Fsp3) is 0.725. The van der Waals surface area contributed by atoms with Gasteiger partial charge in [0.15, 0.2) is 11.6 Å². The molecule has 3 aliphatic rings. The molecule has 0 amide bonds. The molecule has 0 radical (unpaired) electrons. The van der Waals surface area contributed by atoms with Gasteiger partial charge in [-0.3, -0.25) is 0 Å². The molecule has 19 heteroatoms. The Bertz CT molecular complexity index is 1750. The Balaban J connectivity index is 1.58. The average molecular weight is 856 g/mol. The largest absolute Gasteiger partial charge is 0.504 e. The second kappa shape index (κ2) is 17.8. The molecule has 1 saturated heterocycles. The van der Waals surface area contributed by atoms with Crippen LogP contribution >= 0.6 is 0 Å². The molecule has 6 N–H and O–H groups in total. The zero-order valence-electron chi connectivity index (χ0n) is 33.8. The second-order valence-electron chi connectivity index (χ2n) is 16.7. The van der Waals surface area contributed by atoms with E-state index in [2.05, 4.69) is 4.98 Å². The highest BCUT2D eigenvalue weighted by Crippen LogP contribution is 2.51. The lowest BCUT2D eigenvalue weighted by atomic mass is 9.61. The Labute approximate surface area is 338 Å². The van der Waals surface area contributed by atoms with Crippen molar-refractivity contribution in [3.8, 4) is 0 Å². The van der Waals surface area contributed by atoms with Crippen LogP contribution in [-0.2, 0) is 18.9 Å². The van der Waals surface area contributed by atoms with E-state index in [0.29, 0.717) is 12.8 Å². The summed E-state index contributed by atoms with van der Waals surface area (Å²) >= 11 is 0. The number of carbonyl (C=O) groups excluding carboxylic acids is 2. The van der Waals surface area contributed by atoms with Crippen molar-refractivity contribution in [1.29, 1.82) is 0 Å². The molecule has 1 aliphatic heterocycles. The highest BCUT2D eigenvalue weighted by Gasteiger charge is 2.56. The van der Waals surface area contributed by atoms with Crippen molar-refractivity contribution in [2.45, 2.75) is 122 Å². The van der Waals surface area contributed by atoms with Crippen LogP contribution in [0.5, 0.6) is 0 Å². The number of hydrogen-bond donors (Lipinski definition) is 6. The zero-order chi connectivity index (χ0) is 44.5. The highest BCUT2D eigenvalue weighted by atomic mass is 19.4. The lowest BCUT2D eigenvalue weighted by Crippen LogP contribution is -2.56. The molecule has 59 heavy (non-hydrogen) atoms. The van der Waals surface area contributed by atoms with Gasteiger partial charge < -0.3 is 49.6 Å². The molecule has 1 aromatic heterocycles. The molecule has 13 nitrogen and oxygen atoms in total. The Kier molecular flexibility index (Phi) is 14.6. The summed E-state index contributed by atoms with van der Waals surface area (Å²) in [5.41, 5.74) is -7.13. The Morgan fingerprint density at radius 1 is 0.831 bits per heavy atom. The van der Waals surface area contributed by atoms with E-state index < -0.39 is 131 Å². The molecule has 2 heterocycles. The first-order valence-corrected chi connectivity index (χ1v) is 19.5. The van der Waals surface area contributed by atoms with Gasteiger partial charge in [-0.25, -0.2) is 14.6 Å². The third-order valence-corrected chi connectivity index (χ3v) is 12.7. The van der Waals surface area contributed by atoms with Gasteiger partial charge >= 0.3 is 24.3 Å². The van der Waals surface area contributed by atoms with Crippen molar-refractivity contribution in [2.75, 3.05) is 26.4 Å². The van der Waals surface area contributed by atoms with Crippen molar-refractivity contribution in [3.05, 3.63) is 52.3 Å². The normalized spacial score (nSPS) is 33.7. The van der Waals surface area contributed by atoms with E-state index >= 15 is 0 Å². The summed E-state index contributed by atoms with van der Waals surface area (Å²) < 4.78 is 106. The molecule has 0 aromatic carbocycles. The lowest BCUT2D eigenvalue weighted by molar-refractivity contribution is -0.242.